The molecule has 0 bridgehead atoms. The summed E-state index contributed by atoms with van der Waals surface area (Å²) < 4.78 is 0.557. The summed E-state index contributed by atoms with van der Waals surface area (Å²) in [6.07, 6.45) is 0.714. The van der Waals surface area contributed by atoms with Gasteiger partial charge in [0.2, 0.25) is 0 Å². The predicted molar refractivity (Wildman–Crippen MR) is 67.3 cm³/mol. The maximum Gasteiger partial charge on any atom is 0.283 e. The summed E-state index contributed by atoms with van der Waals surface area (Å²) in [5.74, 6) is 0. The molecule has 0 aliphatic heterocycles. The fourth-order valence-electron chi connectivity index (χ4n) is 1.43. The Morgan fingerprint density at radius 1 is 1.50 bits per heavy atom. The van der Waals surface area contributed by atoms with Gasteiger partial charge in [0.15, 0.2) is 0 Å². The summed E-state index contributed by atoms with van der Waals surface area (Å²) >= 11 is 3.28. The third kappa shape index (κ3) is 3.02. The highest BCUT2D eigenvalue weighted by atomic mass is 79.9. The van der Waals surface area contributed by atoms with Crippen LogP contribution in [0.25, 0.3) is 0 Å². The maximum absolute atomic E-state index is 10.8. The van der Waals surface area contributed by atoms with Crippen molar-refractivity contribution in [1.82, 2.24) is 0 Å². The van der Waals surface area contributed by atoms with E-state index in [-0.39, 0.29) is 16.0 Å². The number of rotatable bonds is 4. The van der Waals surface area contributed by atoms with Gasteiger partial charge in [-0.05, 0) is 39.9 Å². The SMILES string of the molecule is CC(C)(CN)Cc1cccc([N+](=O)[O-])c1Br. The second kappa shape index (κ2) is 4.93. The Labute approximate surface area is 103 Å². The van der Waals surface area contributed by atoms with Crippen LogP contribution in [0.5, 0.6) is 0 Å². The number of halogens is 1. The van der Waals surface area contributed by atoms with Crippen LogP contribution in [0.3, 0.4) is 0 Å². The van der Waals surface area contributed by atoms with E-state index in [9.17, 15) is 10.1 Å². The van der Waals surface area contributed by atoms with Crippen LogP contribution < -0.4 is 5.73 Å². The van der Waals surface area contributed by atoms with Crippen molar-refractivity contribution in [3.05, 3.63) is 38.3 Å². The Morgan fingerprint density at radius 2 is 2.12 bits per heavy atom. The average molecular weight is 287 g/mol. The van der Waals surface area contributed by atoms with E-state index >= 15 is 0 Å². The highest BCUT2D eigenvalue weighted by molar-refractivity contribution is 9.10. The summed E-state index contributed by atoms with van der Waals surface area (Å²) in [6, 6.07) is 5.07. The number of nitrogens with two attached hydrogens (primary N) is 1. The van der Waals surface area contributed by atoms with E-state index in [0.29, 0.717) is 17.4 Å². The van der Waals surface area contributed by atoms with Crippen LogP contribution in [0.2, 0.25) is 0 Å². The van der Waals surface area contributed by atoms with Crippen molar-refractivity contribution in [3.63, 3.8) is 0 Å². The van der Waals surface area contributed by atoms with Crippen molar-refractivity contribution in [2.75, 3.05) is 6.54 Å². The summed E-state index contributed by atoms with van der Waals surface area (Å²) in [4.78, 5) is 10.4. The van der Waals surface area contributed by atoms with E-state index in [2.05, 4.69) is 15.9 Å². The molecule has 0 atom stereocenters. The van der Waals surface area contributed by atoms with Crippen LogP contribution in [0, 0.1) is 15.5 Å². The number of nitrogens with zero attached hydrogens (tertiary/aromatic N) is 1. The van der Waals surface area contributed by atoms with Gasteiger partial charge in [-0.15, -0.1) is 0 Å². The van der Waals surface area contributed by atoms with Crippen LogP contribution >= 0.6 is 15.9 Å². The Morgan fingerprint density at radius 3 is 2.62 bits per heavy atom. The molecule has 0 amide bonds. The number of benzene rings is 1. The molecule has 0 spiro atoms. The standard InChI is InChI=1S/C11H15BrN2O2/c1-11(2,7-13)6-8-4-3-5-9(10(8)12)14(15)16/h3-5H,6-7,13H2,1-2H3. The Hall–Kier alpha value is -0.940. The minimum absolute atomic E-state index is 0.0578. The average Bonchev–Trinajstić information content (AvgIpc) is 2.20. The van der Waals surface area contributed by atoms with Crippen molar-refractivity contribution in [2.45, 2.75) is 20.3 Å². The molecule has 2 N–H and O–H groups in total. The topological polar surface area (TPSA) is 69.2 Å². The molecule has 1 rings (SSSR count). The number of hydrogen-bond acceptors (Lipinski definition) is 3. The maximum atomic E-state index is 10.8. The molecule has 16 heavy (non-hydrogen) atoms. The summed E-state index contributed by atoms with van der Waals surface area (Å²) in [7, 11) is 0. The first-order chi connectivity index (χ1) is 7.37. The molecule has 0 unspecified atom stereocenters. The number of nitro groups is 1. The Balaban J connectivity index is 3.07. The first-order valence-corrected chi connectivity index (χ1v) is 5.78. The van der Waals surface area contributed by atoms with Gasteiger partial charge in [0.25, 0.3) is 5.69 Å². The zero-order valence-corrected chi connectivity index (χ0v) is 11.0. The second-order valence-electron chi connectivity index (χ2n) is 4.55. The summed E-state index contributed by atoms with van der Waals surface area (Å²) in [5.41, 5.74) is 6.62. The molecule has 0 saturated heterocycles. The van der Waals surface area contributed by atoms with E-state index in [4.69, 9.17) is 5.73 Å². The van der Waals surface area contributed by atoms with Crippen molar-refractivity contribution in [3.8, 4) is 0 Å². The van der Waals surface area contributed by atoms with E-state index in [1.807, 2.05) is 19.9 Å². The highest BCUT2D eigenvalue weighted by Crippen LogP contribution is 2.32. The molecule has 0 saturated carbocycles. The molecule has 5 heteroatoms. The van der Waals surface area contributed by atoms with Crippen LogP contribution in [0.4, 0.5) is 5.69 Å². The lowest BCUT2D eigenvalue weighted by Crippen LogP contribution is -2.26. The van der Waals surface area contributed by atoms with Gasteiger partial charge in [-0.2, -0.15) is 0 Å². The number of nitro benzene ring substituents is 1. The normalized spacial score (nSPS) is 11.5. The molecule has 0 aromatic heterocycles. The molecule has 1 aromatic rings. The smallest absolute Gasteiger partial charge is 0.283 e. The van der Waals surface area contributed by atoms with Crippen molar-refractivity contribution in [2.24, 2.45) is 11.1 Å². The Bertz CT molecular complexity index is 405. The van der Waals surface area contributed by atoms with Gasteiger partial charge in [-0.25, -0.2) is 0 Å². The first kappa shape index (κ1) is 13.1. The van der Waals surface area contributed by atoms with E-state index in [1.54, 1.807) is 6.07 Å². The molecule has 4 nitrogen and oxygen atoms in total. The van der Waals surface area contributed by atoms with Gasteiger partial charge in [0.05, 0.1) is 9.40 Å². The van der Waals surface area contributed by atoms with Gasteiger partial charge < -0.3 is 5.73 Å². The van der Waals surface area contributed by atoms with Crippen LogP contribution in [0.1, 0.15) is 19.4 Å². The predicted octanol–water partition coefficient (Wildman–Crippen LogP) is 2.88. The molecule has 0 aliphatic carbocycles. The Kier molecular flexibility index (Phi) is 4.04. The molecule has 0 fully saturated rings. The fourth-order valence-corrected chi connectivity index (χ4v) is 1.98. The molecule has 88 valence electrons. The van der Waals surface area contributed by atoms with Crippen LogP contribution in [0.15, 0.2) is 22.7 Å². The fraction of sp³-hybridized carbons (Fsp3) is 0.455. The lowest BCUT2D eigenvalue weighted by atomic mass is 9.86. The molecule has 0 radical (unpaired) electrons. The van der Waals surface area contributed by atoms with Gasteiger partial charge in [-0.1, -0.05) is 26.0 Å². The zero-order valence-electron chi connectivity index (χ0n) is 9.37. The highest BCUT2D eigenvalue weighted by Gasteiger charge is 2.21. The minimum Gasteiger partial charge on any atom is -0.330 e. The first-order valence-electron chi connectivity index (χ1n) is 4.99. The zero-order chi connectivity index (χ0) is 12.3. The summed E-state index contributed by atoms with van der Waals surface area (Å²) in [6.45, 7) is 4.62. The largest absolute Gasteiger partial charge is 0.330 e. The van der Waals surface area contributed by atoms with Crippen molar-refractivity contribution >= 4 is 21.6 Å². The third-order valence-electron chi connectivity index (χ3n) is 2.48. The summed E-state index contributed by atoms with van der Waals surface area (Å²) in [5, 5.41) is 10.8. The molecule has 0 heterocycles. The van der Waals surface area contributed by atoms with E-state index in [1.165, 1.54) is 6.07 Å². The number of hydrogen-bond donors (Lipinski definition) is 1. The van der Waals surface area contributed by atoms with Crippen LogP contribution in [-0.4, -0.2) is 11.5 Å². The quantitative estimate of drug-likeness (QED) is 0.683. The minimum atomic E-state index is -0.386. The lowest BCUT2D eigenvalue weighted by Gasteiger charge is -2.22. The van der Waals surface area contributed by atoms with Gasteiger partial charge in [0.1, 0.15) is 0 Å². The third-order valence-corrected chi connectivity index (χ3v) is 3.39. The molecule has 0 aliphatic rings. The van der Waals surface area contributed by atoms with Crippen molar-refractivity contribution in [1.29, 1.82) is 0 Å². The van der Waals surface area contributed by atoms with Gasteiger partial charge in [0, 0.05) is 6.07 Å². The second-order valence-corrected chi connectivity index (χ2v) is 5.35. The van der Waals surface area contributed by atoms with Gasteiger partial charge >= 0.3 is 0 Å². The molecular weight excluding hydrogens is 272 g/mol. The molecular formula is C11H15BrN2O2. The van der Waals surface area contributed by atoms with Crippen molar-refractivity contribution < 1.29 is 4.92 Å². The van der Waals surface area contributed by atoms with E-state index in [0.717, 1.165) is 5.56 Å². The lowest BCUT2D eigenvalue weighted by molar-refractivity contribution is -0.385. The van der Waals surface area contributed by atoms with Crippen LogP contribution in [-0.2, 0) is 6.42 Å². The monoisotopic (exact) mass is 286 g/mol. The molecule has 1 aromatic carbocycles. The van der Waals surface area contributed by atoms with E-state index < -0.39 is 0 Å². The van der Waals surface area contributed by atoms with Gasteiger partial charge in [-0.3, -0.25) is 10.1 Å².